The molecule has 1 atom stereocenters. The highest BCUT2D eigenvalue weighted by Crippen LogP contribution is 2.07. The molecule has 1 aliphatic heterocycles. The average molecular weight is 230 g/mol. The van der Waals surface area contributed by atoms with Crippen molar-refractivity contribution in [1.82, 2.24) is 10.6 Å². The van der Waals surface area contributed by atoms with Crippen molar-refractivity contribution >= 4 is 6.09 Å². The molecule has 0 saturated carbocycles. The van der Waals surface area contributed by atoms with Crippen molar-refractivity contribution in [3.63, 3.8) is 0 Å². The molecule has 1 saturated heterocycles. The molecule has 1 unspecified atom stereocenters. The Morgan fingerprint density at radius 2 is 2.25 bits per heavy atom. The Labute approximate surface area is 96.9 Å². The van der Waals surface area contributed by atoms with Crippen LogP contribution in [0.15, 0.2) is 0 Å². The molecule has 5 nitrogen and oxygen atoms in total. The zero-order valence-electron chi connectivity index (χ0n) is 10.3. The second-order valence-electron chi connectivity index (χ2n) is 4.91. The fourth-order valence-corrected chi connectivity index (χ4v) is 1.44. The summed E-state index contributed by atoms with van der Waals surface area (Å²) >= 11 is 0. The van der Waals surface area contributed by atoms with E-state index in [1.54, 1.807) is 0 Å². The molecule has 16 heavy (non-hydrogen) atoms. The van der Waals surface area contributed by atoms with Crippen molar-refractivity contribution in [2.45, 2.75) is 38.9 Å². The van der Waals surface area contributed by atoms with Crippen LogP contribution in [0.5, 0.6) is 0 Å². The standard InChI is InChI=1S/C11H22N2O3/c1-11(2,3)16-10(14)13-8-9-4-5-12-6-7-15-9/h9,12H,4-8H2,1-3H3,(H,13,14). The lowest BCUT2D eigenvalue weighted by atomic mass is 10.2. The monoisotopic (exact) mass is 230 g/mol. The van der Waals surface area contributed by atoms with Crippen LogP contribution in [0.3, 0.4) is 0 Å². The predicted octanol–water partition coefficient (Wildman–Crippen LogP) is 0.890. The SMILES string of the molecule is CC(C)(C)OC(=O)NCC1CCNCCO1. The van der Waals surface area contributed by atoms with Gasteiger partial charge in [-0.2, -0.15) is 0 Å². The normalized spacial score (nSPS) is 22.3. The quantitative estimate of drug-likeness (QED) is 0.739. The van der Waals surface area contributed by atoms with Gasteiger partial charge >= 0.3 is 6.09 Å². The van der Waals surface area contributed by atoms with E-state index in [2.05, 4.69) is 10.6 Å². The molecule has 1 fully saturated rings. The highest BCUT2D eigenvalue weighted by Gasteiger charge is 2.18. The molecule has 0 radical (unpaired) electrons. The first kappa shape index (κ1) is 13.3. The van der Waals surface area contributed by atoms with Gasteiger partial charge in [0.25, 0.3) is 0 Å². The third-order valence-electron chi connectivity index (χ3n) is 2.15. The number of ether oxygens (including phenoxy) is 2. The number of hydrogen-bond acceptors (Lipinski definition) is 4. The minimum atomic E-state index is -0.448. The lowest BCUT2D eigenvalue weighted by Crippen LogP contribution is -2.37. The summed E-state index contributed by atoms with van der Waals surface area (Å²) in [7, 11) is 0. The molecule has 0 aromatic heterocycles. The maximum Gasteiger partial charge on any atom is 0.407 e. The van der Waals surface area contributed by atoms with Crippen molar-refractivity contribution in [3.8, 4) is 0 Å². The van der Waals surface area contributed by atoms with Crippen molar-refractivity contribution in [3.05, 3.63) is 0 Å². The molecular formula is C11H22N2O3. The van der Waals surface area contributed by atoms with Gasteiger partial charge in [0.15, 0.2) is 0 Å². The van der Waals surface area contributed by atoms with E-state index in [1.165, 1.54) is 0 Å². The van der Waals surface area contributed by atoms with Crippen molar-refractivity contribution < 1.29 is 14.3 Å². The molecule has 0 aromatic carbocycles. The fraction of sp³-hybridized carbons (Fsp3) is 0.909. The van der Waals surface area contributed by atoms with E-state index in [0.717, 1.165) is 19.5 Å². The topological polar surface area (TPSA) is 59.6 Å². The third-order valence-corrected chi connectivity index (χ3v) is 2.15. The zero-order valence-corrected chi connectivity index (χ0v) is 10.3. The van der Waals surface area contributed by atoms with Gasteiger partial charge in [-0.05, 0) is 33.7 Å². The first-order chi connectivity index (χ1) is 7.47. The number of nitrogens with one attached hydrogen (secondary N) is 2. The first-order valence-electron chi connectivity index (χ1n) is 5.76. The highest BCUT2D eigenvalue weighted by atomic mass is 16.6. The lowest BCUT2D eigenvalue weighted by molar-refractivity contribution is 0.0389. The Morgan fingerprint density at radius 3 is 2.94 bits per heavy atom. The Balaban J connectivity index is 2.20. The van der Waals surface area contributed by atoms with E-state index in [0.29, 0.717) is 13.2 Å². The maximum absolute atomic E-state index is 11.4. The van der Waals surface area contributed by atoms with Crippen molar-refractivity contribution in [1.29, 1.82) is 0 Å². The van der Waals surface area contributed by atoms with E-state index >= 15 is 0 Å². The molecule has 1 heterocycles. The minimum Gasteiger partial charge on any atom is -0.444 e. The van der Waals surface area contributed by atoms with Gasteiger partial charge in [0.05, 0.1) is 12.7 Å². The predicted molar refractivity (Wildman–Crippen MR) is 61.5 cm³/mol. The number of alkyl carbamates (subject to hydrolysis) is 1. The minimum absolute atomic E-state index is 0.0857. The van der Waals surface area contributed by atoms with Crippen LogP contribution in [0.25, 0.3) is 0 Å². The van der Waals surface area contributed by atoms with Gasteiger partial charge in [0, 0.05) is 13.1 Å². The van der Waals surface area contributed by atoms with Crippen LogP contribution in [0.1, 0.15) is 27.2 Å². The van der Waals surface area contributed by atoms with E-state index in [1.807, 2.05) is 20.8 Å². The van der Waals surface area contributed by atoms with Crippen LogP contribution in [0.2, 0.25) is 0 Å². The summed E-state index contributed by atoms with van der Waals surface area (Å²) < 4.78 is 10.7. The number of carbonyl (C=O) groups excluding carboxylic acids is 1. The molecular weight excluding hydrogens is 208 g/mol. The van der Waals surface area contributed by atoms with E-state index < -0.39 is 5.60 Å². The van der Waals surface area contributed by atoms with Crippen LogP contribution in [0, 0.1) is 0 Å². The molecule has 0 aromatic rings. The first-order valence-corrected chi connectivity index (χ1v) is 5.76. The molecule has 1 rings (SSSR count). The molecule has 5 heteroatoms. The maximum atomic E-state index is 11.4. The van der Waals surface area contributed by atoms with Crippen LogP contribution in [-0.2, 0) is 9.47 Å². The summed E-state index contributed by atoms with van der Waals surface area (Å²) in [4.78, 5) is 11.4. The van der Waals surface area contributed by atoms with Gasteiger partial charge in [0.1, 0.15) is 5.60 Å². The Hall–Kier alpha value is -0.810. The summed E-state index contributed by atoms with van der Waals surface area (Å²) in [6.07, 6.45) is 0.617. The second-order valence-corrected chi connectivity index (χ2v) is 4.91. The summed E-state index contributed by atoms with van der Waals surface area (Å²) in [5, 5.41) is 5.96. The summed E-state index contributed by atoms with van der Waals surface area (Å²) in [6, 6.07) is 0. The molecule has 1 amide bonds. The van der Waals surface area contributed by atoms with Crippen molar-refractivity contribution in [2.75, 3.05) is 26.2 Å². The molecule has 0 spiro atoms. The van der Waals surface area contributed by atoms with Gasteiger partial charge in [-0.3, -0.25) is 0 Å². The van der Waals surface area contributed by atoms with Crippen LogP contribution in [-0.4, -0.2) is 44.0 Å². The molecule has 2 N–H and O–H groups in total. The van der Waals surface area contributed by atoms with E-state index in [9.17, 15) is 4.79 Å². The summed E-state index contributed by atoms with van der Waals surface area (Å²) in [5.41, 5.74) is -0.448. The van der Waals surface area contributed by atoms with Crippen LogP contribution in [0.4, 0.5) is 4.79 Å². The number of hydrogen-bond donors (Lipinski definition) is 2. The lowest BCUT2D eigenvalue weighted by Gasteiger charge is -2.21. The second kappa shape index (κ2) is 6.06. The molecule has 94 valence electrons. The Bertz CT molecular complexity index is 218. The molecule has 0 bridgehead atoms. The summed E-state index contributed by atoms with van der Waals surface area (Å²) in [5.74, 6) is 0. The van der Waals surface area contributed by atoms with Gasteiger partial charge in [0.2, 0.25) is 0 Å². The van der Waals surface area contributed by atoms with Gasteiger partial charge in [-0.25, -0.2) is 4.79 Å². The van der Waals surface area contributed by atoms with Crippen LogP contribution >= 0.6 is 0 Å². The zero-order chi connectivity index (χ0) is 12.0. The fourth-order valence-electron chi connectivity index (χ4n) is 1.44. The number of carbonyl (C=O) groups is 1. The largest absolute Gasteiger partial charge is 0.444 e. The van der Waals surface area contributed by atoms with Crippen molar-refractivity contribution in [2.24, 2.45) is 0 Å². The highest BCUT2D eigenvalue weighted by molar-refractivity contribution is 5.67. The van der Waals surface area contributed by atoms with E-state index in [4.69, 9.17) is 9.47 Å². The Morgan fingerprint density at radius 1 is 1.50 bits per heavy atom. The van der Waals surface area contributed by atoms with Crippen LogP contribution < -0.4 is 10.6 Å². The number of rotatable bonds is 2. The third kappa shape index (κ3) is 5.92. The van der Waals surface area contributed by atoms with Gasteiger partial charge in [-0.1, -0.05) is 0 Å². The summed E-state index contributed by atoms with van der Waals surface area (Å²) in [6.45, 7) is 8.55. The van der Waals surface area contributed by atoms with Gasteiger partial charge < -0.3 is 20.1 Å². The van der Waals surface area contributed by atoms with E-state index in [-0.39, 0.29) is 12.2 Å². The van der Waals surface area contributed by atoms with Gasteiger partial charge in [-0.15, -0.1) is 0 Å². The Kier molecular flexibility index (Phi) is 5.02. The molecule has 0 aliphatic carbocycles. The average Bonchev–Trinajstić information content (AvgIpc) is 2.39. The smallest absolute Gasteiger partial charge is 0.407 e. The number of amides is 1. The molecule has 1 aliphatic rings.